The van der Waals surface area contributed by atoms with Gasteiger partial charge < -0.3 is 4.90 Å². The minimum Gasteiger partial charge on any atom is -0.338 e. The lowest BCUT2D eigenvalue weighted by Gasteiger charge is -2.36. The van der Waals surface area contributed by atoms with Crippen molar-refractivity contribution in [1.82, 2.24) is 4.90 Å². The van der Waals surface area contributed by atoms with Crippen LogP contribution in [-0.4, -0.2) is 33.8 Å². The van der Waals surface area contributed by atoms with Crippen LogP contribution in [0.4, 0.5) is 0 Å². The van der Waals surface area contributed by atoms with Crippen molar-refractivity contribution in [2.45, 2.75) is 57.2 Å². The standard InChI is InChI=1S/C13H21NO2S/c1-9-5-3-4-6-12(9)14-8-11(7-13(14)16)17-10(2)15/h9,11-12H,3-8H2,1-2H3. The smallest absolute Gasteiger partial charge is 0.224 e. The van der Waals surface area contributed by atoms with Gasteiger partial charge >= 0.3 is 0 Å². The van der Waals surface area contributed by atoms with Gasteiger partial charge in [-0.3, -0.25) is 9.59 Å². The van der Waals surface area contributed by atoms with Gasteiger partial charge in [-0.05, 0) is 18.8 Å². The van der Waals surface area contributed by atoms with Crippen LogP contribution in [0.3, 0.4) is 0 Å². The zero-order chi connectivity index (χ0) is 12.4. The summed E-state index contributed by atoms with van der Waals surface area (Å²) in [4.78, 5) is 25.1. The van der Waals surface area contributed by atoms with Gasteiger partial charge in [0.2, 0.25) is 5.91 Å². The molecule has 0 N–H and O–H groups in total. The number of rotatable bonds is 2. The molecule has 0 aromatic heterocycles. The summed E-state index contributed by atoms with van der Waals surface area (Å²) in [5.74, 6) is 0.872. The van der Waals surface area contributed by atoms with E-state index in [1.165, 1.54) is 31.0 Å². The number of amides is 1. The average Bonchev–Trinajstić information content (AvgIpc) is 2.59. The highest BCUT2D eigenvalue weighted by atomic mass is 32.2. The van der Waals surface area contributed by atoms with Crippen LogP contribution in [0.2, 0.25) is 0 Å². The number of thioether (sulfide) groups is 1. The highest BCUT2D eigenvalue weighted by Crippen LogP contribution is 2.33. The molecule has 1 amide bonds. The Morgan fingerprint density at radius 1 is 1.35 bits per heavy atom. The summed E-state index contributed by atoms with van der Waals surface area (Å²) in [6.45, 7) is 4.61. The van der Waals surface area contributed by atoms with Crippen LogP contribution >= 0.6 is 11.8 Å². The predicted octanol–water partition coefficient (Wildman–Crippen LogP) is 2.45. The lowest BCUT2D eigenvalue weighted by atomic mass is 9.85. The first-order chi connectivity index (χ1) is 8.08. The highest BCUT2D eigenvalue weighted by molar-refractivity contribution is 8.14. The molecule has 17 heavy (non-hydrogen) atoms. The molecule has 96 valence electrons. The van der Waals surface area contributed by atoms with Crippen LogP contribution in [0.1, 0.15) is 46.0 Å². The van der Waals surface area contributed by atoms with E-state index in [9.17, 15) is 9.59 Å². The van der Waals surface area contributed by atoms with Crippen molar-refractivity contribution in [2.24, 2.45) is 5.92 Å². The number of likely N-dealkylation sites (tertiary alicyclic amines) is 1. The van der Waals surface area contributed by atoms with Gasteiger partial charge in [-0.15, -0.1) is 0 Å². The van der Waals surface area contributed by atoms with E-state index in [0.29, 0.717) is 18.4 Å². The second-order valence-corrected chi connectivity index (χ2v) is 6.79. The minimum atomic E-state index is 0.126. The van der Waals surface area contributed by atoms with Crippen LogP contribution < -0.4 is 0 Å². The Morgan fingerprint density at radius 2 is 2.06 bits per heavy atom. The molecule has 1 saturated carbocycles. The summed E-state index contributed by atoms with van der Waals surface area (Å²) in [7, 11) is 0. The number of carbonyl (C=O) groups is 2. The van der Waals surface area contributed by atoms with E-state index in [1.54, 1.807) is 6.92 Å². The molecular weight excluding hydrogens is 234 g/mol. The quantitative estimate of drug-likeness (QED) is 0.760. The van der Waals surface area contributed by atoms with Gasteiger partial charge in [0, 0.05) is 31.2 Å². The largest absolute Gasteiger partial charge is 0.338 e. The molecule has 0 aromatic rings. The van der Waals surface area contributed by atoms with E-state index < -0.39 is 0 Å². The summed E-state index contributed by atoms with van der Waals surface area (Å²) >= 11 is 1.33. The van der Waals surface area contributed by atoms with Gasteiger partial charge in [0.1, 0.15) is 0 Å². The molecule has 0 radical (unpaired) electrons. The molecule has 3 unspecified atom stereocenters. The van der Waals surface area contributed by atoms with Gasteiger partial charge in [-0.1, -0.05) is 31.5 Å². The van der Waals surface area contributed by atoms with Gasteiger partial charge in [-0.2, -0.15) is 0 Å². The van der Waals surface area contributed by atoms with Crippen molar-refractivity contribution < 1.29 is 9.59 Å². The maximum Gasteiger partial charge on any atom is 0.224 e. The fourth-order valence-electron chi connectivity index (χ4n) is 3.09. The fraction of sp³-hybridized carbons (Fsp3) is 0.846. The highest BCUT2D eigenvalue weighted by Gasteiger charge is 2.37. The summed E-state index contributed by atoms with van der Waals surface area (Å²) in [6, 6.07) is 0.425. The third kappa shape index (κ3) is 3.03. The minimum absolute atomic E-state index is 0.126. The summed E-state index contributed by atoms with van der Waals surface area (Å²) in [5, 5.41) is 0.315. The predicted molar refractivity (Wildman–Crippen MR) is 69.8 cm³/mol. The molecule has 0 spiro atoms. The third-order valence-electron chi connectivity index (χ3n) is 3.92. The van der Waals surface area contributed by atoms with Gasteiger partial charge in [0.05, 0.1) is 0 Å². The van der Waals surface area contributed by atoms with E-state index in [-0.39, 0.29) is 16.3 Å². The Balaban J connectivity index is 1.97. The molecule has 1 heterocycles. The Kier molecular flexibility index (Phi) is 4.13. The monoisotopic (exact) mass is 255 g/mol. The topological polar surface area (TPSA) is 37.4 Å². The molecule has 2 aliphatic rings. The van der Waals surface area contributed by atoms with Crippen molar-refractivity contribution in [3.63, 3.8) is 0 Å². The normalized spacial score (nSPS) is 34.1. The first kappa shape index (κ1) is 12.9. The Morgan fingerprint density at radius 3 is 2.71 bits per heavy atom. The molecule has 3 atom stereocenters. The molecule has 1 saturated heterocycles. The molecule has 3 nitrogen and oxygen atoms in total. The van der Waals surface area contributed by atoms with Crippen LogP contribution in [0.25, 0.3) is 0 Å². The van der Waals surface area contributed by atoms with Gasteiger partial charge in [-0.25, -0.2) is 0 Å². The first-order valence-electron chi connectivity index (χ1n) is 6.54. The molecule has 2 rings (SSSR count). The molecule has 1 aliphatic heterocycles. The van der Waals surface area contributed by atoms with Gasteiger partial charge in [0.15, 0.2) is 5.12 Å². The lowest BCUT2D eigenvalue weighted by molar-refractivity contribution is -0.131. The average molecular weight is 255 g/mol. The number of nitrogens with zero attached hydrogens (tertiary/aromatic N) is 1. The SMILES string of the molecule is CC(=O)SC1CC(=O)N(C2CCCCC2C)C1. The van der Waals surface area contributed by atoms with Gasteiger partial charge in [0.25, 0.3) is 0 Å². The fourth-order valence-corrected chi connectivity index (χ4v) is 4.02. The lowest BCUT2D eigenvalue weighted by Crippen LogP contribution is -2.42. The molecule has 2 fully saturated rings. The number of hydrogen-bond acceptors (Lipinski definition) is 3. The second-order valence-electron chi connectivity index (χ2n) is 5.31. The first-order valence-corrected chi connectivity index (χ1v) is 7.42. The van der Waals surface area contributed by atoms with Crippen molar-refractivity contribution >= 4 is 22.8 Å². The van der Waals surface area contributed by atoms with E-state index in [1.807, 2.05) is 4.90 Å². The van der Waals surface area contributed by atoms with Crippen LogP contribution in [0, 0.1) is 5.92 Å². The summed E-state index contributed by atoms with van der Waals surface area (Å²) in [5.41, 5.74) is 0. The molecule has 0 bridgehead atoms. The Hall–Kier alpha value is -0.510. The maximum absolute atomic E-state index is 12.0. The van der Waals surface area contributed by atoms with Crippen molar-refractivity contribution in [1.29, 1.82) is 0 Å². The van der Waals surface area contributed by atoms with Crippen LogP contribution in [0.15, 0.2) is 0 Å². The zero-order valence-electron chi connectivity index (χ0n) is 10.6. The Bertz CT molecular complexity index is 319. The van der Waals surface area contributed by atoms with Crippen molar-refractivity contribution in [3.05, 3.63) is 0 Å². The number of carbonyl (C=O) groups excluding carboxylic acids is 2. The third-order valence-corrected chi connectivity index (χ3v) is 4.90. The van der Waals surface area contributed by atoms with E-state index in [0.717, 1.165) is 13.0 Å². The number of hydrogen-bond donors (Lipinski definition) is 0. The van der Waals surface area contributed by atoms with Crippen LogP contribution in [-0.2, 0) is 9.59 Å². The van der Waals surface area contributed by atoms with E-state index in [4.69, 9.17) is 0 Å². The second kappa shape index (κ2) is 5.42. The van der Waals surface area contributed by atoms with E-state index in [2.05, 4.69) is 6.92 Å². The molecule has 1 aliphatic carbocycles. The molecule has 4 heteroatoms. The summed E-state index contributed by atoms with van der Waals surface area (Å²) < 4.78 is 0. The van der Waals surface area contributed by atoms with Crippen molar-refractivity contribution in [3.8, 4) is 0 Å². The molecular formula is C13H21NO2S. The zero-order valence-corrected chi connectivity index (χ0v) is 11.5. The van der Waals surface area contributed by atoms with Crippen LogP contribution in [0.5, 0.6) is 0 Å². The Labute approximate surface area is 107 Å². The molecule has 0 aromatic carbocycles. The summed E-state index contributed by atoms with van der Waals surface area (Å²) in [6.07, 6.45) is 5.46. The maximum atomic E-state index is 12.0. The van der Waals surface area contributed by atoms with E-state index >= 15 is 0 Å². The van der Waals surface area contributed by atoms with Crippen molar-refractivity contribution in [2.75, 3.05) is 6.54 Å².